The van der Waals surface area contributed by atoms with Crippen LogP contribution in [0.3, 0.4) is 0 Å². The minimum absolute atomic E-state index is 0.0980. The lowest BCUT2D eigenvalue weighted by Gasteiger charge is -2.09. The lowest BCUT2D eigenvalue weighted by atomic mass is 9.98. The van der Waals surface area contributed by atoms with Crippen LogP contribution in [0.25, 0.3) is 87.7 Å². The normalized spacial score (nSPS) is 12.1. The molecule has 54 heavy (non-hydrogen) atoms. The first-order valence-corrected chi connectivity index (χ1v) is 20.4. The van der Waals surface area contributed by atoms with E-state index in [-0.39, 0.29) is 6.61 Å². The molecule has 0 atom stereocenters. The fourth-order valence-corrected chi connectivity index (χ4v) is 9.15. The van der Waals surface area contributed by atoms with Crippen molar-refractivity contribution in [2.45, 2.75) is 84.8 Å². The van der Waals surface area contributed by atoms with E-state index in [1.165, 1.54) is 128 Å². The fraction of sp³-hybridized carbons (Fsp3) is 0.280. The topological polar surface area (TPSA) is 35.0 Å². The zero-order valence-corrected chi connectivity index (χ0v) is 31.8. The van der Waals surface area contributed by atoms with E-state index in [0.717, 1.165) is 24.1 Å². The summed E-state index contributed by atoms with van der Waals surface area (Å²) in [5.74, 6) is 0. The highest BCUT2D eigenvalue weighted by molar-refractivity contribution is 6.13. The number of aryl methyl sites for hydroxylation is 2. The van der Waals surface area contributed by atoms with Crippen LogP contribution in [0, 0.1) is 0 Å². The number of aliphatic hydroxyl groups is 1. The van der Waals surface area contributed by atoms with E-state index in [0.29, 0.717) is 6.54 Å². The van der Waals surface area contributed by atoms with Gasteiger partial charge in [-0.15, -0.1) is 0 Å². The highest BCUT2D eigenvalue weighted by atomic mass is 16.3. The Morgan fingerprint density at radius 1 is 0.352 bits per heavy atom. The van der Waals surface area contributed by atoms with Crippen molar-refractivity contribution in [1.82, 2.24) is 13.7 Å². The predicted octanol–water partition coefficient (Wildman–Crippen LogP) is 13.5. The average Bonchev–Trinajstić information content (AvgIpc) is 3.82. The molecule has 4 nitrogen and oxygen atoms in total. The standard InChI is InChI=1S/C50H51N3O/c1-3-5-7-13-27-51-45-17-11-9-15-39(45)41-31-35(19-23-47(41)51)37-21-25-49-43(33-37)44-34-38(22-26-50(44)53(49)29-30-54)36-20-24-48-42(32-36)40-16-10-12-18-46(40)52(48)28-14-8-6-4-2/h9-12,15-26,31-34,54H,3-8,13-14,27-30H2,1-2H3. The van der Waals surface area contributed by atoms with E-state index in [2.05, 4.69) is 149 Å². The molecule has 0 bridgehead atoms. The third-order valence-electron chi connectivity index (χ3n) is 11.9. The minimum atomic E-state index is 0.0980. The van der Waals surface area contributed by atoms with E-state index in [4.69, 9.17) is 0 Å². The van der Waals surface area contributed by atoms with Crippen LogP contribution in [0.2, 0.25) is 0 Å². The summed E-state index contributed by atoms with van der Waals surface area (Å²) in [4.78, 5) is 0. The number of benzene rings is 6. The summed E-state index contributed by atoms with van der Waals surface area (Å²) in [6, 6.07) is 45.6. The summed E-state index contributed by atoms with van der Waals surface area (Å²) >= 11 is 0. The van der Waals surface area contributed by atoms with E-state index >= 15 is 0 Å². The maximum Gasteiger partial charge on any atom is 0.0610 e. The van der Waals surface area contributed by atoms with Crippen molar-refractivity contribution >= 4 is 65.4 Å². The summed E-state index contributed by atoms with van der Waals surface area (Å²) in [6.07, 6.45) is 10.0. The molecule has 0 aliphatic rings. The molecule has 6 aromatic carbocycles. The van der Waals surface area contributed by atoms with Crippen LogP contribution in [-0.2, 0) is 19.6 Å². The molecular formula is C50H51N3O. The Morgan fingerprint density at radius 2 is 0.685 bits per heavy atom. The lowest BCUT2D eigenvalue weighted by Crippen LogP contribution is -2.01. The van der Waals surface area contributed by atoms with Crippen molar-refractivity contribution in [3.05, 3.63) is 121 Å². The van der Waals surface area contributed by atoms with Crippen molar-refractivity contribution in [3.8, 4) is 22.3 Å². The van der Waals surface area contributed by atoms with Crippen LogP contribution >= 0.6 is 0 Å². The molecule has 0 saturated heterocycles. The monoisotopic (exact) mass is 709 g/mol. The summed E-state index contributed by atoms with van der Waals surface area (Å²) in [5.41, 5.74) is 12.5. The summed E-state index contributed by atoms with van der Waals surface area (Å²) in [6.45, 7) is 7.32. The molecule has 0 radical (unpaired) electrons. The molecule has 0 unspecified atom stereocenters. The number of para-hydroxylation sites is 2. The Morgan fingerprint density at radius 3 is 1.06 bits per heavy atom. The molecule has 0 saturated carbocycles. The molecule has 0 spiro atoms. The van der Waals surface area contributed by atoms with Crippen LogP contribution in [0.4, 0.5) is 0 Å². The van der Waals surface area contributed by atoms with Gasteiger partial charge in [0, 0.05) is 85.1 Å². The summed E-state index contributed by atoms with van der Waals surface area (Å²) in [5, 5.41) is 17.9. The van der Waals surface area contributed by atoms with Gasteiger partial charge in [0.1, 0.15) is 0 Å². The van der Waals surface area contributed by atoms with Crippen molar-refractivity contribution in [3.63, 3.8) is 0 Å². The van der Waals surface area contributed by atoms with Gasteiger partial charge in [-0.25, -0.2) is 0 Å². The van der Waals surface area contributed by atoms with Crippen molar-refractivity contribution in [2.24, 2.45) is 0 Å². The van der Waals surface area contributed by atoms with Crippen LogP contribution in [-0.4, -0.2) is 25.4 Å². The number of aromatic nitrogens is 3. The Kier molecular flexibility index (Phi) is 9.47. The lowest BCUT2D eigenvalue weighted by molar-refractivity contribution is 0.280. The zero-order valence-electron chi connectivity index (χ0n) is 31.8. The number of aliphatic hydroxyl groups excluding tert-OH is 1. The first-order valence-electron chi connectivity index (χ1n) is 20.4. The Labute approximate surface area is 318 Å². The number of unbranched alkanes of at least 4 members (excludes halogenated alkanes) is 6. The van der Waals surface area contributed by atoms with Gasteiger partial charge in [0.2, 0.25) is 0 Å². The quantitative estimate of drug-likeness (QED) is 0.112. The Balaban J connectivity index is 1.14. The molecule has 3 heterocycles. The van der Waals surface area contributed by atoms with Gasteiger partial charge >= 0.3 is 0 Å². The second kappa shape index (κ2) is 14.8. The van der Waals surface area contributed by atoms with Crippen LogP contribution in [0.1, 0.15) is 65.2 Å². The minimum Gasteiger partial charge on any atom is -0.395 e. The van der Waals surface area contributed by atoms with Gasteiger partial charge in [0.25, 0.3) is 0 Å². The Bertz CT molecular complexity index is 2590. The maximum absolute atomic E-state index is 10.1. The highest BCUT2D eigenvalue weighted by Crippen LogP contribution is 2.39. The molecule has 3 aromatic heterocycles. The van der Waals surface area contributed by atoms with E-state index in [9.17, 15) is 5.11 Å². The van der Waals surface area contributed by atoms with E-state index < -0.39 is 0 Å². The van der Waals surface area contributed by atoms with Crippen molar-refractivity contribution in [1.29, 1.82) is 0 Å². The smallest absolute Gasteiger partial charge is 0.0610 e. The fourth-order valence-electron chi connectivity index (χ4n) is 9.15. The molecule has 1 N–H and O–H groups in total. The number of fused-ring (bicyclic) bond motifs is 9. The van der Waals surface area contributed by atoms with Crippen LogP contribution < -0.4 is 0 Å². The second-order valence-electron chi connectivity index (χ2n) is 15.3. The third kappa shape index (κ3) is 5.97. The SMILES string of the molecule is CCCCCCn1c2ccccc2c2cc(-c3ccc4c(c3)c3cc(-c5ccc6c(c5)c5ccccc5n6CCCCCC)ccc3n4CCO)ccc21. The largest absolute Gasteiger partial charge is 0.395 e. The predicted molar refractivity (Wildman–Crippen MR) is 232 cm³/mol. The van der Waals surface area contributed by atoms with Crippen LogP contribution in [0.15, 0.2) is 121 Å². The van der Waals surface area contributed by atoms with Gasteiger partial charge in [-0.2, -0.15) is 0 Å². The number of hydrogen-bond donors (Lipinski definition) is 1. The maximum atomic E-state index is 10.1. The van der Waals surface area contributed by atoms with Gasteiger partial charge in [0.05, 0.1) is 6.61 Å². The van der Waals surface area contributed by atoms with Gasteiger partial charge in [-0.05, 0) is 95.8 Å². The molecule has 0 amide bonds. The van der Waals surface area contributed by atoms with Crippen molar-refractivity contribution < 1.29 is 5.11 Å². The number of hydrogen-bond acceptors (Lipinski definition) is 1. The number of rotatable bonds is 14. The molecule has 0 fully saturated rings. The second-order valence-corrected chi connectivity index (χ2v) is 15.3. The molecular weight excluding hydrogens is 659 g/mol. The van der Waals surface area contributed by atoms with Gasteiger partial charge in [-0.3, -0.25) is 0 Å². The van der Waals surface area contributed by atoms with E-state index in [1.54, 1.807) is 0 Å². The van der Waals surface area contributed by atoms with E-state index in [1.807, 2.05) is 0 Å². The molecule has 0 aliphatic carbocycles. The third-order valence-corrected chi connectivity index (χ3v) is 11.9. The zero-order chi connectivity index (χ0) is 36.6. The molecule has 0 aliphatic heterocycles. The molecule has 272 valence electrons. The summed E-state index contributed by atoms with van der Waals surface area (Å²) in [7, 11) is 0. The highest BCUT2D eigenvalue weighted by Gasteiger charge is 2.17. The molecule has 4 heteroatoms. The van der Waals surface area contributed by atoms with Crippen molar-refractivity contribution in [2.75, 3.05) is 6.61 Å². The summed E-state index contributed by atoms with van der Waals surface area (Å²) < 4.78 is 7.34. The average molecular weight is 710 g/mol. The van der Waals surface area contributed by atoms with Gasteiger partial charge < -0.3 is 18.8 Å². The molecule has 9 aromatic rings. The first-order chi connectivity index (χ1) is 26.7. The first kappa shape index (κ1) is 34.4. The van der Waals surface area contributed by atoms with Gasteiger partial charge in [0.15, 0.2) is 0 Å². The van der Waals surface area contributed by atoms with Gasteiger partial charge in [-0.1, -0.05) is 113 Å². The Hall–Kier alpha value is -5.32. The molecule has 9 rings (SSSR count). The number of nitrogens with zero attached hydrogens (tertiary/aromatic N) is 3. The van der Waals surface area contributed by atoms with Crippen LogP contribution in [0.5, 0.6) is 0 Å².